The third kappa shape index (κ3) is 3.51. The molecular formula is C13H11F3N2OS. The largest absolute Gasteiger partial charge is 0.406 e. The quantitative estimate of drug-likeness (QED) is 0.942. The molecule has 2 N–H and O–H groups in total. The number of benzene rings is 1. The number of alkyl halides is 3. The number of nitrogens with two attached hydrogens (primary N) is 1. The highest BCUT2D eigenvalue weighted by molar-refractivity contribution is 7.14. The fourth-order valence-corrected chi connectivity index (χ4v) is 2.32. The molecule has 0 atom stereocenters. The van der Waals surface area contributed by atoms with Crippen LogP contribution in [0.5, 0.6) is 0 Å². The molecule has 1 amide bonds. The predicted molar refractivity (Wildman–Crippen MR) is 72.9 cm³/mol. The molecule has 0 spiro atoms. The second-order valence-corrected chi connectivity index (χ2v) is 5.02. The Kier molecular flexibility index (Phi) is 3.99. The molecule has 0 saturated heterocycles. The van der Waals surface area contributed by atoms with Crippen molar-refractivity contribution in [2.45, 2.75) is 6.18 Å². The van der Waals surface area contributed by atoms with Gasteiger partial charge in [-0.2, -0.15) is 13.2 Å². The van der Waals surface area contributed by atoms with Crippen LogP contribution in [0, 0.1) is 0 Å². The van der Waals surface area contributed by atoms with Crippen molar-refractivity contribution in [2.75, 3.05) is 17.2 Å². The van der Waals surface area contributed by atoms with Crippen LogP contribution in [0.15, 0.2) is 41.8 Å². The topological polar surface area (TPSA) is 46.3 Å². The Labute approximate surface area is 117 Å². The van der Waals surface area contributed by atoms with Crippen molar-refractivity contribution < 1.29 is 18.0 Å². The summed E-state index contributed by atoms with van der Waals surface area (Å²) < 4.78 is 38.0. The molecule has 2 rings (SSSR count). The molecule has 0 aliphatic carbocycles. The monoisotopic (exact) mass is 300 g/mol. The number of thiophene rings is 1. The van der Waals surface area contributed by atoms with Gasteiger partial charge in [-0.15, -0.1) is 11.3 Å². The van der Waals surface area contributed by atoms with Gasteiger partial charge >= 0.3 is 6.18 Å². The average molecular weight is 300 g/mol. The Balaban J connectivity index is 2.34. The van der Waals surface area contributed by atoms with Crippen LogP contribution in [0.4, 0.5) is 23.9 Å². The first-order valence-electron chi connectivity index (χ1n) is 5.64. The van der Waals surface area contributed by atoms with E-state index in [-0.39, 0.29) is 11.3 Å². The molecule has 0 saturated carbocycles. The van der Waals surface area contributed by atoms with E-state index in [1.54, 1.807) is 18.2 Å². The van der Waals surface area contributed by atoms with Gasteiger partial charge in [0.2, 0.25) is 0 Å². The molecule has 0 fully saturated rings. The first kappa shape index (κ1) is 14.4. The van der Waals surface area contributed by atoms with Gasteiger partial charge in [-0.05, 0) is 18.2 Å². The van der Waals surface area contributed by atoms with Crippen LogP contribution in [0.25, 0.3) is 0 Å². The summed E-state index contributed by atoms with van der Waals surface area (Å²) >= 11 is 1.11. The molecule has 1 heterocycles. The minimum atomic E-state index is -4.48. The first-order valence-corrected chi connectivity index (χ1v) is 6.52. The highest BCUT2D eigenvalue weighted by Crippen LogP contribution is 2.25. The summed E-state index contributed by atoms with van der Waals surface area (Å²) in [7, 11) is 0. The van der Waals surface area contributed by atoms with Gasteiger partial charge in [-0.3, -0.25) is 9.69 Å². The normalized spacial score (nSPS) is 11.3. The standard InChI is InChI=1S/C13H11F3N2OS/c14-13(15,16)8-18(10-4-2-1-3-5-10)12(19)9-6-11(17)20-7-9/h1-7H,8,17H2. The molecule has 0 bridgehead atoms. The number of carbonyl (C=O) groups is 1. The van der Waals surface area contributed by atoms with Gasteiger partial charge in [0.05, 0.1) is 10.6 Å². The van der Waals surface area contributed by atoms with Gasteiger partial charge in [-0.1, -0.05) is 18.2 Å². The molecule has 1 aromatic heterocycles. The van der Waals surface area contributed by atoms with Crippen molar-refractivity contribution in [1.82, 2.24) is 0 Å². The maximum absolute atomic E-state index is 12.7. The van der Waals surface area contributed by atoms with Crippen molar-refractivity contribution in [3.63, 3.8) is 0 Å². The number of amides is 1. The minimum absolute atomic E-state index is 0.153. The first-order chi connectivity index (χ1) is 9.37. The number of carbonyl (C=O) groups excluding carboxylic acids is 1. The van der Waals surface area contributed by atoms with Crippen LogP contribution in [0.2, 0.25) is 0 Å². The van der Waals surface area contributed by atoms with E-state index < -0.39 is 18.6 Å². The Morgan fingerprint density at radius 2 is 1.90 bits per heavy atom. The fourth-order valence-electron chi connectivity index (χ4n) is 1.69. The number of rotatable bonds is 3. The molecular weight excluding hydrogens is 289 g/mol. The smallest absolute Gasteiger partial charge is 0.391 e. The lowest BCUT2D eigenvalue weighted by molar-refractivity contribution is -0.118. The summed E-state index contributed by atoms with van der Waals surface area (Å²) in [6.07, 6.45) is -4.48. The maximum Gasteiger partial charge on any atom is 0.406 e. The van der Waals surface area contributed by atoms with E-state index in [0.717, 1.165) is 11.3 Å². The number of halogens is 3. The number of nitrogen functional groups attached to an aromatic ring is 1. The molecule has 20 heavy (non-hydrogen) atoms. The molecule has 106 valence electrons. The van der Waals surface area contributed by atoms with Gasteiger partial charge in [0.25, 0.3) is 5.91 Å². The van der Waals surface area contributed by atoms with Gasteiger partial charge in [-0.25, -0.2) is 0 Å². The molecule has 0 radical (unpaired) electrons. The lowest BCUT2D eigenvalue weighted by Crippen LogP contribution is -2.39. The number of para-hydroxylation sites is 1. The SMILES string of the molecule is Nc1cc(C(=O)N(CC(F)(F)F)c2ccccc2)cs1. The zero-order valence-corrected chi connectivity index (χ0v) is 11.0. The van der Waals surface area contributed by atoms with Crippen LogP contribution in [0.1, 0.15) is 10.4 Å². The maximum atomic E-state index is 12.7. The molecule has 0 unspecified atom stereocenters. The molecule has 0 aliphatic rings. The number of hydrogen-bond donors (Lipinski definition) is 1. The average Bonchev–Trinajstić information content (AvgIpc) is 2.82. The van der Waals surface area contributed by atoms with Crippen molar-refractivity contribution in [2.24, 2.45) is 0 Å². The number of anilines is 2. The second-order valence-electron chi connectivity index (χ2n) is 4.08. The Morgan fingerprint density at radius 1 is 1.25 bits per heavy atom. The van der Waals surface area contributed by atoms with Crippen LogP contribution < -0.4 is 10.6 Å². The lowest BCUT2D eigenvalue weighted by atomic mass is 10.2. The highest BCUT2D eigenvalue weighted by atomic mass is 32.1. The lowest BCUT2D eigenvalue weighted by Gasteiger charge is -2.23. The molecule has 2 aromatic rings. The fraction of sp³-hybridized carbons (Fsp3) is 0.154. The van der Waals surface area contributed by atoms with Crippen molar-refractivity contribution >= 4 is 27.9 Å². The molecule has 1 aromatic carbocycles. The van der Waals surface area contributed by atoms with E-state index in [2.05, 4.69) is 0 Å². The predicted octanol–water partition coefficient (Wildman–Crippen LogP) is 3.54. The van der Waals surface area contributed by atoms with Crippen LogP contribution >= 0.6 is 11.3 Å². The summed E-state index contributed by atoms with van der Waals surface area (Å²) in [6.45, 7) is -1.34. The Morgan fingerprint density at radius 3 is 2.40 bits per heavy atom. The van der Waals surface area contributed by atoms with Crippen molar-refractivity contribution in [3.8, 4) is 0 Å². The van der Waals surface area contributed by atoms with E-state index in [0.29, 0.717) is 9.90 Å². The third-order valence-corrected chi connectivity index (χ3v) is 3.28. The van der Waals surface area contributed by atoms with Gasteiger partial charge < -0.3 is 5.73 Å². The summed E-state index contributed by atoms with van der Waals surface area (Å²) in [4.78, 5) is 12.9. The van der Waals surface area contributed by atoms with E-state index >= 15 is 0 Å². The van der Waals surface area contributed by atoms with Crippen LogP contribution in [-0.4, -0.2) is 18.6 Å². The summed E-state index contributed by atoms with van der Waals surface area (Å²) in [5, 5.41) is 1.83. The molecule has 0 aliphatic heterocycles. The minimum Gasteiger partial charge on any atom is -0.391 e. The van der Waals surface area contributed by atoms with Crippen molar-refractivity contribution in [1.29, 1.82) is 0 Å². The van der Waals surface area contributed by atoms with Crippen molar-refractivity contribution in [3.05, 3.63) is 47.3 Å². The molecule has 7 heteroatoms. The second kappa shape index (κ2) is 5.54. The summed E-state index contributed by atoms with van der Waals surface area (Å²) in [5.74, 6) is -0.721. The Hall–Kier alpha value is -2.02. The number of hydrogen-bond acceptors (Lipinski definition) is 3. The molecule has 3 nitrogen and oxygen atoms in total. The van der Waals surface area contributed by atoms with E-state index in [4.69, 9.17) is 5.73 Å². The summed E-state index contributed by atoms with van der Waals surface area (Å²) in [6, 6.07) is 9.11. The van der Waals surface area contributed by atoms with E-state index in [9.17, 15) is 18.0 Å². The zero-order chi connectivity index (χ0) is 14.8. The van der Waals surface area contributed by atoms with Crippen LogP contribution in [-0.2, 0) is 0 Å². The Bertz CT molecular complexity index is 595. The van der Waals surface area contributed by atoms with E-state index in [1.165, 1.54) is 23.6 Å². The summed E-state index contributed by atoms with van der Waals surface area (Å²) in [5.41, 5.74) is 5.86. The van der Waals surface area contributed by atoms with Gasteiger partial charge in [0.1, 0.15) is 6.54 Å². The highest BCUT2D eigenvalue weighted by Gasteiger charge is 2.34. The zero-order valence-electron chi connectivity index (χ0n) is 10.2. The van der Waals surface area contributed by atoms with Crippen LogP contribution in [0.3, 0.4) is 0 Å². The van der Waals surface area contributed by atoms with Gasteiger partial charge in [0, 0.05) is 11.1 Å². The van der Waals surface area contributed by atoms with Gasteiger partial charge in [0.15, 0.2) is 0 Å². The van der Waals surface area contributed by atoms with E-state index in [1.807, 2.05) is 0 Å². The third-order valence-electron chi connectivity index (χ3n) is 2.52. The number of nitrogens with zero attached hydrogens (tertiary/aromatic N) is 1.